The third kappa shape index (κ3) is 10.9. The third-order valence-electron chi connectivity index (χ3n) is 10.4. The van der Waals surface area contributed by atoms with Crippen molar-refractivity contribution in [1.29, 1.82) is 0 Å². The van der Waals surface area contributed by atoms with Crippen LogP contribution in [0.15, 0.2) is 97.1 Å². The summed E-state index contributed by atoms with van der Waals surface area (Å²) in [6, 6.07) is 27.8. The molecule has 0 atom stereocenters. The van der Waals surface area contributed by atoms with Gasteiger partial charge in [0.2, 0.25) is 0 Å². The van der Waals surface area contributed by atoms with Crippen LogP contribution in [0.5, 0.6) is 0 Å². The van der Waals surface area contributed by atoms with E-state index in [1.54, 1.807) is 97.1 Å². The fraction of sp³-hybridized carbons (Fsp3) is 0.417. The maximum atomic E-state index is 12.8. The highest BCUT2D eigenvalue weighted by atomic mass is 16.5. The first-order valence-electron chi connectivity index (χ1n) is 19.7. The second kappa shape index (κ2) is 17.3. The lowest BCUT2D eigenvalue weighted by Gasteiger charge is -2.34. The molecular weight excluding hydrogens is 737 g/mol. The Hall–Kier alpha value is -4.68. The Kier molecular flexibility index (Phi) is 13.2. The van der Waals surface area contributed by atoms with E-state index in [1.165, 1.54) is 55.4 Å². The number of aliphatic hydroxyl groups is 4. The molecule has 0 spiro atoms. The van der Waals surface area contributed by atoms with Gasteiger partial charge in [-0.15, -0.1) is 0 Å². The fourth-order valence-corrected chi connectivity index (χ4v) is 7.04. The van der Waals surface area contributed by atoms with Crippen LogP contribution in [-0.2, 0) is 9.47 Å². The molecule has 4 N–H and O–H groups in total. The summed E-state index contributed by atoms with van der Waals surface area (Å²) in [6.45, 7) is 11.6. The van der Waals surface area contributed by atoms with E-state index in [-0.39, 0.29) is 12.2 Å². The first-order valence-corrected chi connectivity index (χ1v) is 19.7. The number of ether oxygens (including phenoxy) is 2. The van der Waals surface area contributed by atoms with E-state index in [0.29, 0.717) is 47.9 Å². The van der Waals surface area contributed by atoms with Crippen molar-refractivity contribution >= 4 is 23.1 Å². The zero-order valence-electron chi connectivity index (χ0n) is 34.6. The molecule has 1 aliphatic rings. The normalized spacial score (nSPS) is 16.7. The van der Waals surface area contributed by atoms with E-state index in [9.17, 15) is 39.6 Å². The Morgan fingerprint density at radius 1 is 0.397 bits per heavy atom. The third-order valence-corrected chi connectivity index (χ3v) is 10.4. The van der Waals surface area contributed by atoms with Crippen molar-refractivity contribution in [2.75, 3.05) is 0 Å². The molecule has 0 unspecified atom stereocenters. The van der Waals surface area contributed by atoms with Crippen LogP contribution >= 0.6 is 0 Å². The predicted octanol–water partition coefficient (Wildman–Crippen LogP) is 7.72. The number of hydrogen-bond donors (Lipinski definition) is 4. The lowest BCUT2D eigenvalue weighted by atomic mass is 9.90. The Bertz CT molecular complexity index is 1770. The number of hydrogen-bond acceptors (Lipinski definition) is 10. The van der Waals surface area contributed by atoms with Gasteiger partial charge in [0.15, 0.2) is 23.1 Å². The summed E-state index contributed by atoms with van der Waals surface area (Å²) in [5, 5.41) is 41.2. The van der Waals surface area contributed by atoms with Gasteiger partial charge in [0.05, 0.1) is 12.2 Å². The van der Waals surface area contributed by atoms with Crippen LogP contribution in [-0.4, -0.2) is 78.2 Å². The van der Waals surface area contributed by atoms with E-state index in [0.717, 1.165) is 22.3 Å². The molecule has 0 radical (unpaired) electrons. The first-order chi connectivity index (χ1) is 26.9. The summed E-state index contributed by atoms with van der Waals surface area (Å²) in [5.74, 6) is -1.61. The standard InChI is InChI=1S/C48H56O10/c1-45(2,53)41(49)33-17-9-29(10-18-33)39(30-11-19-34(20-12-30)42(50)46(3,4)54)57-37-25-27-38(28-26-37)58-40(31-13-21-35(22-14-31)43(51)47(5,6)55)32-15-23-36(24-16-32)44(52)48(7,8)56/h9-24,37-40,53-56H,25-28H2,1-8H3. The van der Waals surface area contributed by atoms with Crippen molar-refractivity contribution in [3.8, 4) is 0 Å². The number of carbonyl (C=O) groups is 4. The Balaban J connectivity index is 1.37. The molecular formula is C48H56O10. The van der Waals surface area contributed by atoms with Gasteiger partial charge in [0, 0.05) is 22.3 Å². The monoisotopic (exact) mass is 792 g/mol. The number of ketones is 4. The lowest BCUT2D eigenvalue weighted by Crippen LogP contribution is -2.31. The average Bonchev–Trinajstić information content (AvgIpc) is 3.17. The van der Waals surface area contributed by atoms with Crippen molar-refractivity contribution in [2.24, 2.45) is 0 Å². The molecule has 0 amide bonds. The lowest BCUT2D eigenvalue weighted by molar-refractivity contribution is -0.0661. The topological polar surface area (TPSA) is 168 Å². The zero-order valence-corrected chi connectivity index (χ0v) is 34.6. The van der Waals surface area contributed by atoms with Crippen LogP contribution in [0, 0.1) is 0 Å². The van der Waals surface area contributed by atoms with Crippen molar-refractivity contribution in [3.63, 3.8) is 0 Å². The molecule has 308 valence electrons. The molecule has 5 rings (SSSR count). The van der Waals surface area contributed by atoms with Gasteiger partial charge in [0.25, 0.3) is 0 Å². The molecule has 58 heavy (non-hydrogen) atoms. The summed E-state index contributed by atoms with van der Waals surface area (Å²) in [4.78, 5) is 51.1. The molecule has 1 aliphatic carbocycles. The van der Waals surface area contributed by atoms with Crippen LogP contribution in [0.3, 0.4) is 0 Å². The molecule has 0 heterocycles. The SMILES string of the molecule is CC(C)(O)C(=O)c1ccc(C(OC2CCC(OC(c3ccc(C(=O)C(C)(C)O)cc3)c3ccc(C(=O)C(C)(C)O)cc3)CC2)c2ccc(C(=O)C(C)(C)O)cc2)cc1. The molecule has 1 saturated carbocycles. The summed E-state index contributed by atoms with van der Waals surface area (Å²) in [5.41, 5.74) is -1.52. The maximum absolute atomic E-state index is 12.8. The fourth-order valence-electron chi connectivity index (χ4n) is 7.04. The number of rotatable bonds is 16. The maximum Gasteiger partial charge on any atom is 0.193 e. The highest BCUT2D eigenvalue weighted by Gasteiger charge is 2.32. The Morgan fingerprint density at radius 3 is 0.724 bits per heavy atom. The Morgan fingerprint density at radius 2 is 0.569 bits per heavy atom. The zero-order chi connectivity index (χ0) is 42.8. The quantitative estimate of drug-likeness (QED) is 0.0825. The summed E-state index contributed by atoms with van der Waals surface area (Å²) >= 11 is 0. The largest absolute Gasteiger partial charge is 0.382 e. The number of Topliss-reactive ketones (excluding diaryl/α,β-unsaturated/α-hetero) is 4. The highest BCUT2D eigenvalue weighted by Crippen LogP contribution is 2.37. The second-order valence-electron chi connectivity index (χ2n) is 17.5. The van der Waals surface area contributed by atoms with E-state index < -0.39 is 57.7 Å². The van der Waals surface area contributed by atoms with Crippen LogP contribution in [0.1, 0.15) is 157 Å². The summed E-state index contributed by atoms with van der Waals surface area (Å²) in [7, 11) is 0. The molecule has 0 aliphatic heterocycles. The minimum atomic E-state index is -1.53. The predicted molar refractivity (Wildman–Crippen MR) is 220 cm³/mol. The molecule has 0 saturated heterocycles. The summed E-state index contributed by atoms with van der Waals surface area (Å²) < 4.78 is 13.6. The smallest absolute Gasteiger partial charge is 0.193 e. The molecule has 4 aromatic rings. The average molecular weight is 793 g/mol. The van der Waals surface area contributed by atoms with E-state index in [4.69, 9.17) is 9.47 Å². The molecule has 0 bridgehead atoms. The minimum Gasteiger partial charge on any atom is -0.382 e. The van der Waals surface area contributed by atoms with E-state index in [1.807, 2.05) is 0 Å². The molecule has 0 aromatic heterocycles. The van der Waals surface area contributed by atoms with Crippen molar-refractivity contribution in [3.05, 3.63) is 142 Å². The van der Waals surface area contributed by atoms with Crippen molar-refractivity contribution < 1.29 is 49.1 Å². The van der Waals surface area contributed by atoms with Gasteiger partial charge in [-0.05, 0) is 103 Å². The van der Waals surface area contributed by atoms with Gasteiger partial charge in [-0.1, -0.05) is 97.1 Å². The molecule has 4 aromatic carbocycles. The number of carbonyl (C=O) groups excluding carboxylic acids is 4. The molecule has 10 heteroatoms. The van der Waals surface area contributed by atoms with Gasteiger partial charge in [-0.2, -0.15) is 0 Å². The Labute approximate surface area is 340 Å². The van der Waals surface area contributed by atoms with Crippen molar-refractivity contribution in [2.45, 2.75) is 128 Å². The van der Waals surface area contributed by atoms with Crippen LogP contribution < -0.4 is 0 Å². The van der Waals surface area contributed by atoms with E-state index in [2.05, 4.69) is 0 Å². The van der Waals surface area contributed by atoms with Crippen LogP contribution in [0.4, 0.5) is 0 Å². The van der Waals surface area contributed by atoms with Crippen molar-refractivity contribution in [1.82, 2.24) is 0 Å². The van der Waals surface area contributed by atoms with Gasteiger partial charge in [-0.3, -0.25) is 19.2 Å². The molecule has 1 fully saturated rings. The van der Waals surface area contributed by atoms with Crippen LogP contribution in [0.25, 0.3) is 0 Å². The van der Waals surface area contributed by atoms with Gasteiger partial charge >= 0.3 is 0 Å². The minimum absolute atomic E-state index is 0.169. The molecule has 10 nitrogen and oxygen atoms in total. The van der Waals surface area contributed by atoms with Gasteiger partial charge in [0.1, 0.15) is 34.6 Å². The van der Waals surface area contributed by atoms with Gasteiger partial charge < -0.3 is 29.9 Å². The summed E-state index contributed by atoms with van der Waals surface area (Å²) in [6.07, 6.45) is 1.21. The first kappa shape index (κ1) is 44.4. The van der Waals surface area contributed by atoms with Crippen LogP contribution in [0.2, 0.25) is 0 Å². The second-order valence-corrected chi connectivity index (χ2v) is 17.5. The van der Waals surface area contributed by atoms with E-state index >= 15 is 0 Å². The number of benzene rings is 4. The highest BCUT2D eigenvalue weighted by molar-refractivity contribution is 6.03. The van der Waals surface area contributed by atoms with Gasteiger partial charge in [-0.25, -0.2) is 0 Å².